The summed E-state index contributed by atoms with van der Waals surface area (Å²) in [6, 6.07) is 4.36. The van der Waals surface area contributed by atoms with Gasteiger partial charge in [0.15, 0.2) is 0 Å². The Labute approximate surface area is 109 Å². The van der Waals surface area contributed by atoms with Gasteiger partial charge in [0.1, 0.15) is 0 Å². The first-order valence-electron chi connectivity index (χ1n) is 5.88. The van der Waals surface area contributed by atoms with Crippen molar-refractivity contribution in [1.29, 1.82) is 10.8 Å². The quantitative estimate of drug-likeness (QED) is 0.615. The molecule has 0 spiro atoms. The van der Waals surface area contributed by atoms with E-state index < -0.39 is 11.7 Å². The first-order valence-corrected chi connectivity index (χ1v) is 5.88. The van der Waals surface area contributed by atoms with Crippen LogP contribution in [-0.2, 0) is 6.18 Å². The summed E-state index contributed by atoms with van der Waals surface area (Å²) in [6.45, 7) is 0. The van der Waals surface area contributed by atoms with Crippen LogP contribution in [0.5, 0.6) is 0 Å². The van der Waals surface area contributed by atoms with E-state index in [1.54, 1.807) is 0 Å². The fraction of sp³-hybridized carbons (Fsp3) is 0.385. The van der Waals surface area contributed by atoms with Crippen molar-refractivity contribution in [3.8, 4) is 0 Å². The monoisotopic (exact) mass is 271 g/mol. The Balaban J connectivity index is 0.000000200. The average molecular weight is 271 g/mol. The molecule has 0 aromatic heterocycles. The molecule has 0 amide bonds. The van der Waals surface area contributed by atoms with Gasteiger partial charge in [-0.1, -0.05) is 0 Å². The normalized spacial score (nSPS) is 15.7. The van der Waals surface area contributed by atoms with E-state index in [0.29, 0.717) is 17.1 Å². The highest BCUT2D eigenvalue weighted by Crippen LogP contribution is 2.29. The van der Waals surface area contributed by atoms with Crippen molar-refractivity contribution >= 4 is 17.1 Å². The predicted molar refractivity (Wildman–Crippen MR) is 69.8 cm³/mol. The van der Waals surface area contributed by atoms with Crippen LogP contribution >= 0.6 is 0 Å². The SMILES string of the molecule is N=C1CCCCC1=N.Nc1ccc(C(F)(F)F)cc1. The van der Waals surface area contributed by atoms with Gasteiger partial charge in [0.25, 0.3) is 0 Å². The molecule has 0 bridgehead atoms. The van der Waals surface area contributed by atoms with E-state index in [1.165, 1.54) is 12.1 Å². The minimum absolute atomic E-state index is 0.331. The number of hydrogen-bond donors (Lipinski definition) is 3. The Kier molecular flexibility index (Phi) is 5.09. The average Bonchev–Trinajstić information content (AvgIpc) is 2.33. The Morgan fingerprint density at radius 3 is 1.63 bits per heavy atom. The molecule has 1 aromatic rings. The lowest BCUT2D eigenvalue weighted by molar-refractivity contribution is -0.137. The molecule has 2 rings (SSSR count). The second-order valence-corrected chi connectivity index (χ2v) is 4.28. The summed E-state index contributed by atoms with van der Waals surface area (Å²) in [5.74, 6) is 0. The summed E-state index contributed by atoms with van der Waals surface area (Å²) in [5, 5.41) is 14.3. The number of halogens is 3. The lowest BCUT2D eigenvalue weighted by atomic mass is 9.97. The third kappa shape index (κ3) is 5.11. The molecule has 3 nitrogen and oxygen atoms in total. The van der Waals surface area contributed by atoms with E-state index in [1.807, 2.05) is 0 Å². The Morgan fingerprint density at radius 1 is 0.895 bits per heavy atom. The molecule has 4 N–H and O–H groups in total. The van der Waals surface area contributed by atoms with Gasteiger partial charge in [-0.3, -0.25) is 0 Å². The molecule has 1 aliphatic rings. The summed E-state index contributed by atoms with van der Waals surface area (Å²) in [6.07, 6.45) is -0.381. The molecule has 19 heavy (non-hydrogen) atoms. The zero-order chi connectivity index (χ0) is 14.5. The van der Waals surface area contributed by atoms with Crippen LogP contribution in [0, 0.1) is 10.8 Å². The molecular weight excluding hydrogens is 255 g/mol. The second-order valence-electron chi connectivity index (χ2n) is 4.28. The van der Waals surface area contributed by atoms with Crippen molar-refractivity contribution in [2.45, 2.75) is 31.9 Å². The van der Waals surface area contributed by atoms with E-state index in [-0.39, 0.29) is 0 Å². The topological polar surface area (TPSA) is 73.7 Å². The lowest BCUT2D eigenvalue weighted by Gasteiger charge is -2.10. The number of rotatable bonds is 0. The highest BCUT2D eigenvalue weighted by molar-refractivity contribution is 6.40. The molecular formula is C13H16F3N3. The van der Waals surface area contributed by atoms with Gasteiger partial charge in [-0.15, -0.1) is 0 Å². The van der Waals surface area contributed by atoms with Gasteiger partial charge in [0, 0.05) is 5.69 Å². The molecule has 104 valence electrons. The van der Waals surface area contributed by atoms with Crippen LogP contribution in [0.25, 0.3) is 0 Å². The van der Waals surface area contributed by atoms with Gasteiger partial charge < -0.3 is 16.6 Å². The van der Waals surface area contributed by atoms with Crippen molar-refractivity contribution in [2.75, 3.05) is 5.73 Å². The third-order valence-corrected chi connectivity index (χ3v) is 2.71. The minimum atomic E-state index is -4.27. The van der Waals surface area contributed by atoms with Crippen LogP contribution < -0.4 is 5.73 Å². The van der Waals surface area contributed by atoms with Crippen molar-refractivity contribution in [3.63, 3.8) is 0 Å². The van der Waals surface area contributed by atoms with Crippen LogP contribution in [0.3, 0.4) is 0 Å². The van der Waals surface area contributed by atoms with Gasteiger partial charge in [0.2, 0.25) is 0 Å². The first kappa shape index (κ1) is 15.2. The molecule has 0 radical (unpaired) electrons. The van der Waals surface area contributed by atoms with Crippen molar-refractivity contribution in [2.24, 2.45) is 0 Å². The van der Waals surface area contributed by atoms with E-state index in [9.17, 15) is 13.2 Å². The van der Waals surface area contributed by atoms with Gasteiger partial charge in [-0.2, -0.15) is 13.2 Å². The minimum Gasteiger partial charge on any atom is -0.399 e. The number of nitrogens with one attached hydrogen (secondary N) is 2. The fourth-order valence-corrected chi connectivity index (χ4v) is 1.58. The van der Waals surface area contributed by atoms with Crippen LogP contribution in [-0.4, -0.2) is 11.4 Å². The molecule has 0 atom stereocenters. The molecule has 1 fully saturated rings. The fourth-order valence-electron chi connectivity index (χ4n) is 1.58. The van der Waals surface area contributed by atoms with Crippen LogP contribution in [0.1, 0.15) is 31.2 Å². The molecule has 1 aromatic carbocycles. The maximum Gasteiger partial charge on any atom is 0.416 e. The molecule has 1 saturated carbocycles. The first-order chi connectivity index (χ1) is 8.80. The van der Waals surface area contributed by atoms with E-state index >= 15 is 0 Å². The molecule has 0 unspecified atom stereocenters. The number of hydrogen-bond acceptors (Lipinski definition) is 3. The molecule has 0 heterocycles. The van der Waals surface area contributed by atoms with Gasteiger partial charge >= 0.3 is 6.18 Å². The van der Waals surface area contributed by atoms with Crippen LogP contribution in [0.4, 0.5) is 18.9 Å². The Bertz CT molecular complexity index is 433. The summed E-state index contributed by atoms with van der Waals surface area (Å²) < 4.78 is 35.6. The number of anilines is 1. The number of benzene rings is 1. The van der Waals surface area contributed by atoms with Crippen molar-refractivity contribution in [3.05, 3.63) is 29.8 Å². The number of nitrogens with two attached hydrogens (primary N) is 1. The summed E-state index contributed by atoms with van der Waals surface area (Å²) >= 11 is 0. The number of alkyl halides is 3. The Morgan fingerprint density at radius 2 is 1.32 bits per heavy atom. The number of nitrogen functional groups attached to an aromatic ring is 1. The standard InChI is InChI=1S/C7H6F3N.C6H10N2/c8-7(9,10)5-1-3-6(11)4-2-5;7-5-3-1-2-4-6(5)8/h1-4H,11H2;7-8H,1-4H2. The summed E-state index contributed by atoms with van der Waals surface area (Å²) in [5.41, 5.74) is 5.96. The maximum absolute atomic E-state index is 11.9. The largest absolute Gasteiger partial charge is 0.416 e. The Hall–Kier alpha value is -1.85. The zero-order valence-corrected chi connectivity index (χ0v) is 10.3. The molecule has 0 aliphatic heterocycles. The zero-order valence-electron chi connectivity index (χ0n) is 10.3. The van der Waals surface area contributed by atoms with E-state index in [0.717, 1.165) is 37.8 Å². The second kappa shape index (κ2) is 6.36. The third-order valence-electron chi connectivity index (χ3n) is 2.71. The van der Waals surface area contributed by atoms with E-state index in [2.05, 4.69) is 0 Å². The molecule has 0 saturated heterocycles. The van der Waals surface area contributed by atoms with Gasteiger partial charge in [0.05, 0.1) is 17.0 Å². The predicted octanol–water partition coefficient (Wildman–Crippen LogP) is 3.89. The van der Waals surface area contributed by atoms with Gasteiger partial charge in [-0.25, -0.2) is 0 Å². The van der Waals surface area contributed by atoms with Crippen LogP contribution in [0.15, 0.2) is 24.3 Å². The summed E-state index contributed by atoms with van der Waals surface area (Å²) in [7, 11) is 0. The molecule has 6 heteroatoms. The molecule has 1 aliphatic carbocycles. The smallest absolute Gasteiger partial charge is 0.399 e. The van der Waals surface area contributed by atoms with Gasteiger partial charge in [-0.05, 0) is 49.9 Å². The lowest BCUT2D eigenvalue weighted by Crippen LogP contribution is -2.15. The summed E-state index contributed by atoms with van der Waals surface area (Å²) in [4.78, 5) is 0. The van der Waals surface area contributed by atoms with E-state index in [4.69, 9.17) is 16.6 Å². The van der Waals surface area contributed by atoms with Crippen LogP contribution in [0.2, 0.25) is 0 Å². The highest BCUT2D eigenvalue weighted by atomic mass is 19.4. The maximum atomic E-state index is 11.9. The highest BCUT2D eigenvalue weighted by Gasteiger charge is 2.29. The van der Waals surface area contributed by atoms with Crippen molar-refractivity contribution in [1.82, 2.24) is 0 Å². The van der Waals surface area contributed by atoms with Crippen molar-refractivity contribution < 1.29 is 13.2 Å².